The minimum Gasteiger partial charge on any atom is -0.374 e. The standard InChI is InChI=1S/C24H38N4O2.HI/c1-4-25-24(26-15-19-8-7-9-20(14-19)17-30-18(2)3)27-22-12-13-28(16-22)23(29)21-10-5-6-11-21;/h7-9,14,18,21-22H,4-6,10-13,15-17H2,1-3H3,(H2,25,26,27);1H. The van der Waals surface area contributed by atoms with E-state index in [1.54, 1.807) is 0 Å². The Balaban J connectivity index is 0.00000341. The molecule has 3 rings (SSSR count). The lowest BCUT2D eigenvalue weighted by atomic mass is 10.1. The average molecular weight is 543 g/mol. The number of hydrogen-bond acceptors (Lipinski definition) is 3. The van der Waals surface area contributed by atoms with Crippen molar-refractivity contribution in [3.63, 3.8) is 0 Å². The Kier molecular flexibility index (Phi) is 11.1. The van der Waals surface area contributed by atoms with E-state index >= 15 is 0 Å². The van der Waals surface area contributed by atoms with E-state index in [2.05, 4.69) is 46.7 Å². The maximum absolute atomic E-state index is 12.7. The quantitative estimate of drug-likeness (QED) is 0.295. The molecule has 0 radical (unpaired) electrons. The molecule has 174 valence electrons. The van der Waals surface area contributed by atoms with Crippen LogP contribution in [0.1, 0.15) is 64.0 Å². The number of benzene rings is 1. The van der Waals surface area contributed by atoms with Crippen LogP contribution in [-0.2, 0) is 22.7 Å². The normalized spacial score (nSPS) is 19.5. The van der Waals surface area contributed by atoms with Crippen LogP contribution in [0.25, 0.3) is 0 Å². The molecule has 1 saturated carbocycles. The number of nitrogens with one attached hydrogen (secondary N) is 2. The highest BCUT2D eigenvalue weighted by atomic mass is 127. The van der Waals surface area contributed by atoms with E-state index in [0.29, 0.717) is 19.1 Å². The van der Waals surface area contributed by atoms with Gasteiger partial charge in [0.05, 0.1) is 19.3 Å². The number of carbonyl (C=O) groups excluding carboxylic acids is 1. The number of aliphatic imine (C=N–C) groups is 1. The largest absolute Gasteiger partial charge is 0.374 e. The molecule has 0 aromatic heterocycles. The zero-order valence-corrected chi connectivity index (χ0v) is 21.6. The molecule has 0 spiro atoms. The molecular weight excluding hydrogens is 503 g/mol. The smallest absolute Gasteiger partial charge is 0.225 e. The van der Waals surface area contributed by atoms with Gasteiger partial charge in [-0.05, 0) is 51.2 Å². The predicted octanol–water partition coefficient (Wildman–Crippen LogP) is 4.08. The lowest BCUT2D eigenvalue weighted by Crippen LogP contribution is -2.45. The van der Waals surface area contributed by atoms with E-state index in [-0.39, 0.29) is 42.0 Å². The number of rotatable bonds is 8. The summed E-state index contributed by atoms with van der Waals surface area (Å²) in [4.78, 5) is 19.5. The van der Waals surface area contributed by atoms with Crippen molar-refractivity contribution in [1.82, 2.24) is 15.5 Å². The number of hydrogen-bond donors (Lipinski definition) is 2. The molecule has 7 heteroatoms. The minimum atomic E-state index is 0. The third-order valence-electron chi connectivity index (χ3n) is 5.88. The van der Waals surface area contributed by atoms with Crippen LogP contribution in [0, 0.1) is 5.92 Å². The number of carbonyl (C=O) groups is 1. The summed E-state index contributed by atoms with van der Waals surface area (Å²) in [7, 11) is 0. The summed E-state index contributed by atoms with van der Waals surface area (Å²) in [6.45, 7) is 9.86. The van der Waals surface area contributed by atoms with Crippen LogP contribution in [-0.4, -0.2) is 48.5 Å². The van der Waals surface area contributed by atoms with Crippen molar-refractivity contribution in [2.24, 2.45) is 10.9 Å². The topological polar surface area (TPSA) is 66.0 Å². The summed E-state index contributed by atoms with van der Waals surface area (Å²) in [6.07, 6.45) is 5.74. The monoisotopic (exact) mass is 542 g/mol. The Morgan fingerprint density at radius 1 is 1.23 bits per heavy atom. The van der Waals surface area contributed by atoms with Gasteiger partial charge in [-0.1, -0.05) is 37.1 Å². The lowest BCUT2D eigenvalue weighted by Gasteiger charge is -2.21. The van der Waals surface area contributed by atoms with Gasteiger partial charge in [-0.25, -0.2) is 4.99 Å². The number of likely N-dealkylation sites (tertiary alicyclic amines) is 1. The van der Waals surface area contributed by atoms with E-state index < -0.39 is 0 Å². The number of ether oxygens (including phenoxy) is 1. The third kappa shape index (κ3) is 8.25. The zero-order chi connectivity index (χ0) is 21.3. The van der Waals surface area contributed by atoms with Crippen molar-refractivity contribution in [3.8, 4) is 0 Å². The average Bonchev–Trinajstić information content (AvgIpc) is 3.43. The molecule has 1 saturated heterocycles. The first-order valence-electron chi connectivity index (χ1n) is 11.6. The van der Waals surface area contributed by atoms with Crippen LogP contribution in [0.5, 0.6) is 0 Å². The molecule has 1 amide bonds. The second-order valence-electron chi connectivity index (χ2n) is 8.77. The van der Waals surface area contributed by atoms with Crippen molar-refractivity contribution in [2.75, 3.05) is 19.6 Å². The van der Waals surface area contributed by atoms with E-state index in [9.17, 15) is 4.79 Å². The van der Waals surface area contributed by atoms with Crippen LogP contribution in [0.3, 0.4) is 0 Å². The van der Waals surface area contributed by atoms with Crippen LogP contribution in [0.4, 0.5) is 0 Å². The molecule has 6 nitrogen and oxygen atoms in total. The van der Waals surface area contributed by atoms with Crippen LogP contribution < -0.4 is 10.6 Å². The van der Waals surface area contributed by atoms with Crippen molar-refractivity contribution >= 4 is 35.8 Å². The number of nitrogens with zero attached hydrogens (tertiary/aromatic N) is 2. The molecular formula is C24H39IN4O2. The Hall–Kier alpha value is -1.35. The second kappa shape index (κ2) is 13.3. The Bertz CT molecular complexity index is 719. The molecule has 31 heavy (non-hydrogen) atoms. The van der Waals surface area contributed by atoms with Crippen LogP contribution in [0.2, 0.25) is 0 Å². The fourth-order valence-corrected chi connectivity index (χ4v) is 4.27. The summed E-state index contributed by atoms with van der Waals surface area (Å²) >= 11 is 0. The molecule has 2 fully saturated rings. The molecule has 1 aliphatic carbocycles. The zero-order valence-electron chi connectivity index (χ0n) is 19.2. The van der Waals surface area contributed by atoms with Gasteiger partial charge in [0.25, 0.3) is 0 Å². The molecule has 0 bridgehead atoms. The number of guanidine groups is 1. The van der Waals surface area contributed by atoms with Gasteiger partial charge in [0.1, 0.15) is 0 Å². The van der Waals surface area contributed by atoms with E-state index in [0.717, 1.165) is 44.9 Å². The molecule has 2 aliphatic rings. The van der Waals surface area contributed by atoms with Gasteiger partial charge in [-0.15, -0.1) is 24.0 Å². The SMILES string of the molecule is CCNC(=NCc1cccc(COC(C)C)c1)NC1CCN(C(=O)C2CCCC2)C1.I. The molecule has 1 unspecified atom stereocenters. The fraction of sp³-hybridized carbons (Fsp3) is 0.667. The van der Waals surface area contributed by atoms with Gasteiger partial charge < -0.3 is 20.3 Å². The Labute approximate surface area is 204 Å². The van der Waals surface area contributed by atoms with Crippen molar-refractivity contribution in [1.29, 1.82) is 0 Å². The van der Waals surface area contributed by atoms with Gasteiger partial charge in [0.2, 0.25) is 5.91 Å². The molecule has 1 aromatic rings. The van der Waals surface area contributed by atoms with Crippen LogP contribution >= 0.6 is 24.0 Å². The first kappa shape index (κ1) is 25.9. The van der Waals surface area contributed by atoms with Gasteiger partial charge in [-0.2, -0.15) is 0 Å². The number of amides is 1. The second-order valence-corrected chi connectivity index (χ2v) is 8.77. The molecule has 2 N–H and O–H groups in total. The highest BCUT2D eigenvalue weighted by Crippen LogP contribution is 2.27. The molecule has 1 aromatic carbocycles. The molecule has 1 heterocycles. The van der Waals surface area contributed by atoms with Crippen molar-refractivity contribution in [2.45, 2.75) is 78.2 Å². The highest BCUT2D eigenvalue weighted by molar-refractivity contribution is 14.0. The summed E-state index contributed by atoms with van der Waals surface area (Å²) in [6, 6.07) is 8.68. The predicted molar refractivity (Wildman–Crippen MR) is 137 cm³/mol. The first-order chi connectivity index (χ1) is 14.5. The van der Waals surface area contributed by atoms with Crippen molar-refractivity contribution < 1.29 is 9.53 Å². The van der Waals surface area contributed by atoms with Gasteiger partial charge in [0, 0.05) is 31.6 Å². The Morgan fingerprint density at radius 2 is 1.97 bits per heavy atom. The fourth-order valence-electron chi connectivity index (χ4n) is 4.27. The van der Waals surface area contributed by atoms with Gasteiger partial charge >= 0.3 is 0 Å². The molecule has 1 atom stereocenters. The minimum absolute atomic E-state index is 0. The summed E-state index contributed by atoms with van der Waals surface area (Å²) in [5.74, 6) is 1.44. The first-order valence-corrected chi connectivity index (χ1v) is 11.6. The summed E-state index contributed by atoms with van der Waals surface area (Å²) < 4.78 is 5.71. The van der Waals surface area contributed by atoms with Crippen LogP contribution in [0.15, 0.2) is 29.3 Å². The summed E-state index contributed by atoms with van der Waals surface area (Å²) in [5.41, 5.74) is 2.34. The van der Waals surface area contributed by atoms with Crippen molar-refractivity contribution in [3.05, 3.63) is 35.4 Å². The molecule has 1 aliphatic heterocycles. The lowest BCUT2D eigenvalue weighted by molar-refractivity contribution is -0.134. The Morgan fingerprint density at radius 3 is 2.68 bits per heavy atom. The third-order valence-corrected chi connectivity index (χ3v) is 5.88. The number of halogens is 1. The highest BCUT2D eigenvalue weighted by Gasteiger charge is 2.32. The van der Waals surface area contributed by atoms with Gasteiger partial charge in [0.15, 0.2) is 5.96 Å². The van der Waals surface area contributed by atoms with E-state index in [1.165, 1.54) is 24.0 Å². The summed E-state index contributed by atoms with van der Waals surface area (Å²) in [5, 5.41) is 6.88. The maximum Gasteiger partial charge on any atom is 0.225 e. The maximum atomic E-state index is 12.7. The van der Waals surface area contributed by atoms with Gasteiger partial charge in [-0.3, -0.25) is 4.79 Å². The van der Waals surface area contributed by atoms with E-state index in [1.807, 2.05) is 13.8 Å². The van der Waals surface area contributed by atoms with E-state index in [4.69, 9.17) is 9.73 Å².